The summed E-state index contributed by atoms with van der Waals surface area (Å²) in [6, 6.07) is 1.34. The van der Waals surface area contributed by atoms with E-state index in [0.717, 1.165) is 10.6 Å². The van der Waals surface area contributed by atoms with Crippen LogP contribution in [0.4, 0.5) is 0 Å². The molecule has 2 rings (SSSR count). The molecule has 9 heteroatoms. The minimum Gasteiger partial charge on any atom is -0.493 e. The van der Waals surface area contributed by atoms with Gasteiger partial charge in [0.1, 0.15) is 5.56 Å². The minimum atomic E-state index is -1.79. The van der Waals surface area contributed by atoms with E-state index in [1.807, 2.05) is 0 Å². The van der Waals surface area contributed by atoms with Crippen LogP contribution in [0.5, 0.6) is 5.75 Å². The lowest BCUT2D eigenvalue weighted by Crippen LogP contribution is -2.34. The Hall–Kier alpha value is -2.39. The molecule has 0 unspecified atom stereocenters. The first-order chi connectivity index (χ1) is 9.99. The summed E-state index contributed by atoms with van der Waals surface area (Å²) < 4.78 is 10.8. The maximum atomic E-state index is 12.3. The van der Waals surface area contributed by atoms with Crippen molar-refractivity contribution in [2.75, 3.05) is 13.7 Å². The summed E-state index contributed by atoms with van der Waals surface area (Å²) >= 11 is 0. The van der Waals surface area contributed by atoms with Gasteiger partial charge in [-0.25, -0.2) is 9.78 Å². The molecule has 8 nitrogen and oxygen atoms in total. The van der Waals surface area contributed by atoms with Crippen LogP contribution in [0.25, 0.3) is 5.65 Å². The van der Waals surface area contributed by atoms with Gasteiger partial charge in [0.05, 0.1) is 13.7 Å². The Balaban J connectivity index is 2.73. The molecule has 2 heterocycles. The number of rotatable bonds is 4. The molecule has 21 heavy (non-hydrogen) atoms. The van der Waals surface area contributed by atoms with Gasteiger partial charge in [0.2, 0.25) is 0 Å². The molecule has 2 aromatic rings. The number of esters is 1. The Morgan fingerprint density at radius 2 is 2.19 bits per heavy atom. The van der Waals surface area contributed by atoms with E-state index in [2.05, 4.69) is 4.98 Å². The van der Waals surface area contributed by atoms with Gasteiger partial charge in [-0.15, -0.1) is 0 Å². The molecule has 0 atom stereocenters. The summed E-state index contributed by atoms with van der Waals surface area (Å²) in [5, 5.41) is 18.5. The Morgan fingerprint density at radius 3 is 2.76 bits per heavy atom. The van der Waals surface area contributed by atoms with E-state index in [0.29, 0.717) is 0 Å². The second kappa shape index (κ2) is 5.94. The van der Waals surface area contributed by atoms with Crippen molar-refractivity contribution < 1.29 is 24.3 Å². The molecule has 0 saturated heterocycles. The molecule has 0 aliphatic rings. The molecule has 0 aromatic carbocycles. The van der Waals surface area contributed by atoms with Crippen LogP contribution in [0, 0.1) is 0 Å². The number of hydrogen-bond donors (Lipinski definition) is 2. The maximum Gasteiger partial charge on any atom is 0.490 e. The minimum absolute atomic E-state index is 0.0317. The third-order valence-corrected chi connectivity index (χ3v) is 2.80. The number of pyridine rings is 1. The predicted octanol–water partition coefficient (Wildman–Crippen LogP) is -1.44. The van der Waals surface area contributed by atoms with Gasteiger partial charge >= 0.3 is 13.1 Å². The standard InChI is InChI=1S/C12H13BN2O6/c1-3-21-12(17)8-5-14-10-9(20-2)4-7(13(18)19)6-15(10)11(8)16/h4-6,18-19H,3H2,1-2H3. The molecule has 0 saturated carbocycles. The van der Waals surface area contributed by atoms with Gasteiger partial charge in [-0.3, -0.25) is 9.20 Å². The highest BCUT2D eigenvalue weighted by Crippen LogP contribution is 2.14. The number of carbonyl (C=O) groups excluding carboxylic acids is 1. The van der Waals surface area contributed by atoms with Gasteiger partial charge in [0, 0.05) is 17.9 Å². The number of carbonyl (C=O) groups is 1. The van der Waals surface area contributed by atoms with Gasteiger partial charge in [-0.2, -0.15) is 0 Å². The van der Waals surface area contributed by atoms with Crippen molar-refractivity contribution in [2.24, 2.45) is 0 Å². The molecule has 2 aromatic heterocycles. The molecule has 2 N–H and O–H groups in total. The molecular formula is C12H13BN2O6. The quantitative estimate of drug-likeness (QED) is 0.524. The van der Waals surface area contributed by atoms with E-state index in [4.69, 9.17) is 9.47 Å². The smallest absolute Gasteiger partial charge is 0.490 e. The van der Waals surface area contributed by atoms with Crippen LogP contribution in [0.1, 0.15) is 17.3 Å². The highest BCUT2D eigenvalue weighted by Gasteiger charge is 2.19. The monoisotopic (exact) mass is 292 g/mol. The third kappa shape index (κ3) is 2.74. The summed E-state index contributed by atoms with van der Waals surface area (Å²) in [5.41, 5.74) is -0.746. The fraction of sp³-hybridized carbons (Fsp3) is 0.250. The van der Waals surface area contributed by atoms with Crippen LogP contribution >= 0.6 is 0 Å². The third-order valence-electron chi connectivity index (χ3n) is 2.80. The van der Waals surface area contributed by atoms with E-state index >= 15 is 0 Å². The van der Waals surface area contributed by atoms with Crippen molar-refractivity contribution >= 4 is 24.2 Å². The van der Waals surface area contributed by atoms with Gasteiger partial charge in [-0.1, -0.05) is 0 Å². The van der Waals surface area contributed by atoms with Crippen molar-refractivity contribution in [3.05, 3.63) is 34.4 Å². The second-order valence-electron chi connectivity index (χ2n) is 4.11. The predicted molar refractivity (Wildman–Crippen MR) is 73.8 cm³/mol. The number of aromatic nitrogens is 2. The van der Waals surface area contributed by atoms with E-state index < -0.39 is 18.6 Å². The van der Waals surface area contributed by atoms with Gasteiger partial charge < -0.3 is 19.5 Å². The fourth-order valence-electron chi connectivity index (χ4n) is 1.81. The Morgan fingerprint density at radius 1 is 1.48 bits per heavy atom. The first kappa shape index (κ1) is 15.0. The summed E-state index contributed by atoms with van der Waals surface area (Å²) in [6.07, 6.45) is 2.29. The molecular weight excluding hydrogens is 279 g/mol. The largest absolute Gasteiger partial charge is 0.493 e. The van der Waals surface area contributed by atoms with Crippen molar-refractivity contribution in [1.29, 1.82) is 0 Å². The van der Waals surface area contributed by atoms with Crippen LogP contribution in [0.15, 0.2) is 23.3 Å². The zero-order chi connectivity index (χ0) is 15.6. The maximum absolute atomic E-state index is 12.3. The molecule has 0 amide bonds. The lowest BCUT2D eigenvalue weighted by atomic mass is 9.81. The van der Waals surface area contributed by atoms with Crippen LogP contribution < -0.4 is 15.8 Å². The molecule has 0 aliphatic heterocycles. The average molecular weight is 292 g/mol. The summed E-state index contributed by atoms with van der Waals surface area (Å²) in [6.45, 7) is 1.74. The second-order valence-corrected chi connectivity index (χ2v) is 4.11. The SMILES string of the molecule is CCOC(=O)c1cnc2c(OC)cc(B(O)O)cn2c1=O. The Kier molecular flexibility index (Phi) is 4.25. The number of fused-ring (bicyclic) bond motifs is 1. The van der Waals surface area contributed by atoms with Crippen molar-refractivity contribution in [3.8, 4) is 5.75 Å². The molecule has 0 bridgehead atoms. The molecule has 0 radical (unpaired) electrons. The fourth-order valence-corrected chi connectivity index (χ4v) is 1.81. The van der Waals surface area contributed by atoms with Gasteiger partial charge in [0.15, 0.2) is 11.4 Å². The number of ether oxygens (including phenoxy) is 2. The van der Waals surface area contributed by atoms with E-state index in [1.165, 1.54) is 19.4 Å². The van der Waals surface area contributed by atoms with Gasteiger partial charge in [0.25, 0.3) is 5.56 Å². The van der Waals surface area contributed by atoms with Gasteiger partial charge in [-0.05, 0) is 13.0 Å². The van der Waals surface area contributed by atoms with Crippen molar-refractivity contribution in [1.82, 2.24) is 9.38 Å². The number of nitrogens with zero attached hydrogens (tertiary/aromatic N) is 2. The van der Waals surface area contributed by atoms with E-state index in [-0.39, 0.29) is 29.0 Å². The van der Waals surface area contributed by atoms with Crippen molar-refractivity contribution in [3.63, 3.8) is 0 Å². The average Bonchev–Trinajstić information content (AvgIpc) is 2.46. The first-order valence-corrected chi connectivity index (χ1v) is 6.12. The van der Waals surface area contributed by atoms with Crippen LogP contribution in [-0.4, -0.2) is 46.2 Å². The number of hydrogen-bond acceptors (Lipinski definition) is 7. The lowest BCUT2D eigenvalue weighted by molar-refractivity contribution is 0.0523. The zero-order valence-corrected chi connectivity index (χ0v) is 11.4. The topological polar surface area (TPSA) is 110 Å². The molecule has 110 valence electrons. The first-order valence-electron chi connectivity index (χ1n) is 6.12. The van der Waals surface area contributed by atoms with Crippen molar-refractivity contribution in [2.45, 2.75) is 6.92 Å². The summed E-state index contributed by atoms with van der Waals surface area (Å²) in [4.78, 5) is 28.0. The normalized spacial score (nSPS) is 10.5. The van der Waals surface area contributed by atoms with Crippen LogP contribution in [0.2, 0.25) is 0 Å². The van der Waals surface area contributed by atoms with E-state index in [1.54, 1.807) is 6.92 Å². The molecule has 0 fully saturated rings. The van der Waals surface area contributed by atoms with Crippen LogP contribution in [0.3, 0.4) is 0 Å². The number of methoxy groups -OCH3 is 1. The highest BCUT2D eigenvalue weighted by molar-refractivity contribution is 6.58. The summed E-state index contributed by atoms with van der Waals surface area (Å²) in [7, 11) is -0.435. The van der Waals surface area contributed by atoms with E-state index in [9.17, 15) is 19.6 Å². The molecule has 0 spiro atoms. The highest BCUT2D eigenvalue weighted by atomic mass is 16.5. The lowest BCUT2D eigenvalue weighted by Gasteiger charge is -2.10. The Bertz CT molecular complexity index is 742. The van der Waals surface area contributed by atoms with Crippen LogP contribution in [-0.2, 0) is 4.74 Å². The Labute approximate surface area is 119 Å². The zero-order valence-electron chi connectivity index (χ0n) is 11.4. The summed E-state index contributed by atoms with van der Waals surface area (Å²) in [5.74, 6) is -0.619. The molecule has 0 aliphatic carbocycles.